The molecule has 0 bridgehead atoms. The van der Waals surface area contributed by atoms with Crippen LogP contribution < -0.4 is 5.32 Å². The molecule has 2 nitrogen and oxygen atoms in total. The lowest BCUT2D eigenvalue weighted by atomic mass is 10.1. The molecule has 0 aliphatic heterocycles. The first kappa shape index (κ1) is 12.9. The van der Waals surface area contributed by atoms with Crippen molar-refractivity contribution in [1.82, 2.24) is 5.32 Å². The van der Waals surface area contributed by atoms with E-state index in [-0.39, 0.29) is 6.04 Å². The predicted octanol–water partition coefficient (Wildman–Crippen LogP) is 4.66. The van der Waals surface area contributed by atoms with E-state index >= 15 is 0 Å². The predicted molar refractivity (Wildman–Crippen MR) is 75.8 cm³/mol. The van der Waals surface area contributed by atoms with Gasteiger partial charge in [0.1, 0.15) is 5.76 Å². The lowest BCUT2D eigenvalue weighted by Crippen LogP contribution is -2.17. The fourth-order valence-electron chi connectivity index (χ4n) is 1.59. The topological polar surface area (TPSA) is 25.2 Å². The van der Waals surface area contributed by atoms with Crippen LogP contribution in [0.1, 0.15) is 24.3 Å². The van der Waals surface area contributed by atoms with Gasteiger partial charge < -0.3 is 9.73 Å². The summed E-state index contributed by atoms with van der Waals surface area (Å²) in [4.78, 5) is 0. The average molecular weight is 359 g/mol. The maximum atomic E-state index is 5.36. The molecule has 1 heterocycles. The van der Waals surface area contributed by atoms with Gasteiger partial charge in [0.05, 0.1) is 17.3 Å². The summed E-state index contributed by atoms with van der Waals surface area (Å²) in [6.45, 7) is 2.85. The third kappa shape index (κ3) is 3.44. The molecule has 2 aromatic rings. The molecule has 0 amide bonds. The lowest BCUT2D eigenvalue weighted by molar-refractivity contribution is 0.458. The molecule has 0 saturated carbocycles. The summed E-state index contributed by atoms with van der Waals surface area (Å²) in [5.74, 6) is 0.923. The molecule has 1 aromatic heterocycles. The third-order valence-corrected chi connectivity index (χ3v) is 3.81. The van der Waals surface area contributed by atoms with Gasteiger partial charge >= 0.3 is 0 Å². The molecular formula is C13H13Br2NO. The molecule has 0 saturated heterocycles. The zero-order valence-electron chi connectivity index (χ0n) is 9.41. The molecule has 0 aliphatic carbocycles. The quantitative estimate of drug-likeness (QED) is 0.860. The Hall–Kier alpha value is -0.580. The van der Waals surface area contributed by atoms with Gasteiger partial charge in [-0.15, -0.1) is 0 Å². The molecule has 2 rings (SSSR count). The molecule has 0 unspecified atom stereocenters. The van der Waals surface area contributed by atoms with Gasteiger partial charge in [-0.1, -0.05) is 28.1 Å². The van der Waals surface area contributed by atoms with Crippen LogP contribution >= 0.6 is 31.9 Å². The molecular weight excluding hydrogens is 346 g/mol. The zero-order chi connectivity index (χ0) is 12.3. The molecule has 0 radical (unpaired) electrons. The van der Waals surface area contributed by atoms with Gasteiger partial charge in [0.25, 0.3) is 0 Å². The van der Waals surface area contributed by atoms with Crippen molar-refractivity contribution in [3.63, 3.8) is 0 Å². The van der Waals surface area contributed by atoms with Crippen molar-refractivity contribution in [2.45, 2.75) is 19.5 Å². The Kier molecular flexibility index (Phi) is 4.42. The molecule has 4 heteroatoms. The highest BCUT2D eigenvalue weighted by Crippen LogP contribution is 2.20. The van der Waals surface area contributed by atoms with E-state index in [2.05, 4.69) is 56.2 Å². The maximum Gasteiger partial charge on any atom is 0.131 e. The summed E-state index contributed by atoms with van der Waals surface area (Å²) in [5, 5.41) is 3.42. The summed E-state index contributed by atoms with van der Waals surface area (Å²) in [7, 11) is 0. The number of rotatable bonds is 4. The normalized spacial score (nSPS) is 12.6. The van der Waals surface area contributed by atoms with Crippen molar-refractivity contribution in [3.8, 4) is 0 Å². The number of furan rings is 1. The molecule has 0 spiro atoms. The van der Waals surface area contributed by atoms with Crippen LogP contribution in [0.5, 0.6) is 0 Å². The Morgan fingerprint density at radius 2 is 2.12 bits per heavy atom. The number of benzene rings is 1. The van der Waals surface area contributed by atoms with Crippen molar-refractivity contribution >= 4 is 31.9 Å². The Morgan fingerprint density at radius 3 is 2.76 bits per heavy atom. The maximum absolute atomic E-state index is 5.36. The van der Waals surface area contributed by atoms with Crippen molar-refractivity contribution in [3.05, 3.63) is 56.9 Å². The summed E-state index contributed by atoms with van der Waals surface area (Å²) in [6, 6.07) is 10.5. The molecule has 0 fully saturated rings. The first-order valence-corrected chi connectivity index (χ1v) is 6.96. The van der Waals surface area contributed by atoms with Crippen molar-refractivity contribution in [2.24, 2.45) is 0 Å². The Labute approximate surface area is 118 Å². The van der Waals surface area contributed by atoms with Crippen LogP contribution in [-0.2, 0) is 6.54 Å². The van der Waals surface area contributed by atoms with Crippen LogP contribution in [0.3, 0.4) is 0 Å². The zero-order valence-corrected chi connectivity index (χ0v) is 12.6. The van der Waals surface area contributed by atoms with E-state index in [1.54, 1.807) is 6.26 Å². The SMILES string of the molecule is C[C@@H](NCc1occc1Br)c1cccc(Br)c1. The molecule has 0 aliphatic rings. The first-order valence-electron chi connectivity index (χ1n) is 5.37. The second-order valence-electron chi connectivity index (χ2n) is 3.85. The van der Waals surface area contributed by atoms with E-state index in [1.807, 2.05) is 18.2 Å². The van der Waals surface area contributed by atoms with Crippen LogP contribution in [0.4, 0.5) is 0 Å². The van der Waals surface area contributed by atoms with Crippen LogP contribution in [-0.4, -0.2) is 0 Å². The summed E-state index contributed by atoms with van der Waals surface area (Å²) in [6.07, 6.45) is 1.69. The van der Waals surface area contributed by atoms with Crippen LogP contribution in [0.25, 0.3) is 0 Å². The number of hydrogen-bond donors (Lipinski definition) is 1. The van der Waals surface area contributed by atoms with Crippen LogP contribution in [0, 0.1) is 0 Å². The minimum atomic E-state index is 0.282. The molecule has 1 aromatic carbocycles. The van der Waals surface area contributed by atoms with Crippen molar-refractivity contribution in [2.75, 3.05) is 0 Å². The fourth-order valence-corrected chi connectivity index (χ4v) is 2.35. The van der Waals surface area contributed by atoms with E-state index in [0.717, 1.165) is 14.7 Å². The van der Waals surface area contributed by atoms with Crippen LogP contribution in [0.2, 0.25) is 0 Å². The van der Waals surface area contributed by atoms with E-state index < -0.39 is 0 Å². The average Bonchev–Trinajstić information content (AvgIpc) is 2.72. The first-order chi connectivity index (χ1) is 8.16. The summed E-state index contributed by atoms with van der Waals surface area (Å²) < 4.78 is 7.46. The monoisotopic (exact) mass is 357 g/mol. The highest BCUT2D eigenvalue weighted by molar-refractivity contribution is 9.10. The van der Waals surface area contributed by atoms with Gasteiger partial charge in [-0.25, -0.2) is 0 Å². The van der Waals surface area contributed by atoms with Gasteiger partial charge in [-0.3, -0.25) is 0 Å². The Morgan fingerprint density at radius 1 is 1.29 bits per heavy atom. The second-order valence-corrected chi connectivity index (χ2v) is 5.62. The highest BCUT2D eigenvalue weighted by atomic mass is 79.9. The van der Waals surface area contributed by atoms with Gasteiger partial charge in [0.15, 0.2) is 0 Å². The minimum Gasteiger partial charge on any atom is -0.467 e. The number of halogens is 2. The van der Waals surface area contributed by atoms with E-state index in [0.29, 0.717) is 6.54 Å². The second kappa shape index (κ2) is 5.85. The number of hydrogen-bond acceptors (Lipinski definition) is 2. The molecule has 1 N–H and O–H groups in total. The highest BCUT2D eigenvalue weighted by Gasteiger charge is 2.08. The van der Waals surface area contributed by atoms with E-state index in [4.69, 9.17) is 4.42 Å². The fraction of sp³-hybridized carbons (Fsp3) is 0.231. The summed E-state index contributed by atoms with van der Waals surface area (Å²) >= 11 is 6.92. The minimum absolute atomic E-state index is 0.282. The molecule has 17 heavy (non-hydrogen) atoms. The Balaban J connectivity index is 1.98. The van der Waals surface area contributed by atoms with Gasteiger partial charge in [0.2, 0.25) is 0 Å². The third-order valence-electron chi connectivity index (χ3n) is 2.61. The Bertz CT molecular complexity index is 496. The van der Waals surface area contributed by atoms with Crippen molar-refractivity contribution in [1.29, 1.82) is 0 Å². The lowest BCUT2D eigenvalue weighted by Gasteiger charge is -2.13. The van der Waals surface area contributed by atoms with Crippen LogP contribution in [0.15, 0.2) is 50.0 Å². The number of nitrogens with one attached hydrogen (secondary N) is 1. The van der Waals surface area contributed by atoms with Crippen molar-refractivity contribution < 1.29 is 4.42 Å². The van der Waals surface area contributed by atoms with E-state index in [9.17, 15) is 0 Å². The summed E-state index contributed by atoms with van der Waals surface area (Å²) in [5.41, 5.74) is 1.25. The standard InChI is InChI=1S/C13H13Br2NO/c1-9(10-3-2-4-11(14)7-10)16-8-13-12(15)5-6-17-13/h2-7,9,16H,8H2,1H3/t9-/m1/s1. The largest absolute Gasteiger partial charge is 0.467 e. The molecule has 1 atom stereocenters. The van der Waals surface area contributed by atoms with Gasteiger partial charge in [-0.05, 0) is 46.6 Å². The van der Waals surface area contributed by atoms with E-state index in [1.165, 1.54) is 5.56 Å². The van der Waals surface area contributed by atoms with Gasteiger partial charge in [0, 0.05) is 10.5 Å². The molecule has 90 valence electrons. The smallest absolute Gasteiger partial charge is 0.131 e. The van der Waals surface area contributed by atoms with Gasteiger partial charge in [-0.2, -0.15) is 0 Å².